The van der Waals surface area contributed by atoms with E-state index in [1.165, 1.54) is 6.21 Å². The van der Waals surface area contributed by atoms with E-state index < -0.39 is 18.5 Å². The molecule has 3 aromatic rings. The zero-order valence-electron chi connectivity index (χ0n) is 15.3. The highest BCUT2D eigenvalue weighted by atomic mass is 79.9. The number of benzene rings is 2. The van der Waals surface area contributed by atoms with Crippen LogP contribution in [0, 0.1) is 0 Å². The lowest BCUT2D eigenvalue weighted by atomic mass is 10.2. The molecule has 0 saturated carbocycles. The first kappa shape index (κ1) is 20.4. The summed E-state index contributed by atoms with van der Waals surface area (Å²) in [5.41, 5.74) is 3.62. The molecule has 0 aliphatic carbocycles. The van der Waals surface area contributed by atoms with Crippen molar-refractivity contribution in [1.82, 2.24) is 5.43 Å². The van der Waals surface area contributed by atoms with Gasteiger partial charge in [-0.2, -0.15) is 5.10 Å². The number of amides is 1. The number of ether oxygens (including phenoxy) is 2. The van der Waals surface area contributed by atoms with Gasteiger partial charge in [-0.05, 0) is 47.1 Å². The summed E-state index contributed by atoms with van der Waals surface area (Å²) in [6, 6.07) is 12.1. The summed E-state index contributed by atoms with van der Waals surface area (Å²) in [5, 5.41) is 13.6. The van der Waals surface area contributed by atoms with Crippen LogP contribution in [0.1, 0.15) is 23.0 Å². The lowest BCUT2D eigenvalue weighted by molar-refractivity contribution is -0.139. The van der Waals surface area contributed by atoms with Crippen LogP contribution >= 0.6 is 15.9 Å². The molecule has 9 heteroatoms. The molecule has 8 nitrogen and oxygen atoms in total. The molecule has 3 rings (SSSR count). The lowest BCUT2D eigenvalue weighted by Gasteiger charge is -2.12. The number of hydrogen-bond acceptors (Lipinski definition) is 6. The molecular weight excluding hydrogens is 444 g/mol. The highest BCUT2D eigenvalue weighted by molar-refractivity contribution is 9.10. The zero-order chi connectivity index (χ0) is 20.8. The second kappa shape index (κ2) is 9.24. The number of carbonyl (C=O) groups excluding carboxylic acids is 1. The van der Waals surface area contributed by atoms with Crippen molar-refractivity contribution in [3.63, 3.8) is 0 Å². The van der Waals surface area contributed by atoms with Gasteiger partial charge in [-0.1, -0.05) is 18.2 Å². The molecule has 2 aromatic carbocycles. The summed E-state index contributed by atoms with van der Waals surface area (Å²) in [5.74, 6) is -0.788. The molecule has 0 saturated heterocycles. The number of furan rings is 1. The lowest BCUT2D eigenvalue weighted by Crippen LogP contribution is -2.16. The van der Waals surface area contributed by atoms with E-state index in [0.29, 0.717) is 28.0 Å². The molecule has 29 heavy (non-hydrogen) atoms. The Labute approximate surface area is 174 Å². The summed E-state index contributed by atoms with van der Waals surface area (Å²) in [7, 11) is 0. The molecule has 1 aromatic heterocycles. The Bertz CT molecular complexity index is 1040. The second-order valence-corrected chi connectivity index (χ2v) is 6.64. The molecule has 0 bridgehead atoms. The maximum Gasteiger partial charge on any atom is 0.341 e. The van der Waals surface area contributed by atoms with Crippen LogP contribution < -0.4 is 14.9 Å². The molecule has 150 valence electrons. The summed E-state index contributed by atoms with van der Waals surface area (Å²) >= 11 is 3.37. The Morgan fingerprint density at radius 2 is 1.97 bits per heavy atom. The predicted molar refractivity (Wildman–Crippen MR) is 110 cm³/mol. The van der Waals surface area contributed by atoms with Crippen molar-refractivity contribution in [1.29, 1.82) is 0 Å². The van der Waals surface area contributed by atoms with Crippen LogP contribution in [0.15, 0.2) is 56.5 Å². The fourth-order valence-corrected chi connectivity index (χ4v) is 2.90. The average Bonchev–Trinajstić information content (AvgIpc) is 3.13. The van der Waals surface area contributed by atoms with Crippen LogP contribution in [-0.2, 0) is 4.79 Å². The van der Waals surface area contributed by atoms with Crippen molar-refractivity contribution >= 4 is 45.0 Å². The van der Waals surface area contributed by atoms with E-state index in [4.69, 9.17) is 19.0 Å². The maximum absolute atomic E-state index is 12.2. The first-order valence-corrected chi connectivity index (χ1v) is 9.40. The molecular formula is C20H17BrN2O6. The Kier molecular flexibility index (Phi) is 6.50. The molecule has 0 aliphatic rings. The number of carbonyl (C=O) groups is 2. The SMILES string of the molecule is CCOc1cc(/C=N/NC(=O)c2cc3ccccc3o2)c(Br)cc1OCC(=O)O. The molecule has 0 aliphatic heterocycles. The monoisotopic (exact) mass is 460 g/mol. The van der Waals surface area contributed by atoms with Gasteiger partial charge >= 0.3 is 11.9 Å². The van der Waals surface area contributed by atoms with Crippen LogP contribution in [0.25, 0.3) is 11.0 Å². The van der Waals surface area contributed by atoms with E-state index in [1.54, 1.807) is 31.2 Å². The molecule has 1 heterocycles. The molecule has 2 N–H and O–H groups in total. The summed E-state index contributed by atoms with van der Waals surface area (Å²) in [4.78, 5) is 23.0. The minimum Gasteiger partial charge on any atom is -0.490 e. The third-order valence-electron chi connectivity index (χ3n) is 3.73. The molecule has 0 atom stereocenters. The highest BCUT2D eigenvalue weighted by Crippen LogP contribution is 2.33. The molecule has 0 radical (unpaired) electrons. The van der Waals surface area contributed by atoms with Gasteiger partial charge in [0.2, 0.25) is 0 Å². The number of hydrogen-bond donors (Lipinski definition) is 2. The van der Waals surface area contributed by atoms with Gasteiger partial charge in [0.1, 0.15) is 5.58 Å². The van der Waals surface area contributed by atoms with E-state index in [2.05, 4.69) is 26.5 Å². The number of halogens is 1. The third-order valence-corrected chi connectivity index (χ3v) is 4.42. The number of fused-ring (bicyclic) bond motifs is 1. The minimum atomic E-state index is -1.09. The highest BCUT2D eigenvalue weighted by Gasteiger charge is 2.13. The number of aliphatic carboxylic acids is 1. The number of hydrazone groups is 1. The summed E-state index contributed by atoms with van der Waals surface area (Å²) in [6.07, 6.45) is 1.42. The van der Waals surface area contributed by atoms with Crippen LogP contribution in [0.4, 0.5) is 0 Å². The van der Waals surface area contributed by atoms with Crippen molar-refractivity contribution < 1.29 is 28.6 Å². The zero-order valence-corrected chi connectivity index (χ0v) is 16.9. The van der Waals surface area contributed by atoms with Crippen LogP contribution in [0.3, 0.4) is 0 Å². The molecule has 1 amide bonds. The van der Waals surface area contributed by atoms with Gasteiger partial charge in [-0.25, -0.2) is 10.2 Å². The van der Waals surface area contributed by atoms with Crippen molar-refractivity contribution in [2.75, 3.05) is 13.2 Å². The number of carboxylic acid groups (broad SMARTS) is 1. The van der Waals surface area contributed by atoms with Gasteiger partial charge in [0.05, 0.1) is 12.8 Å². The number of nitrogens with zero attached hydrogens (tertiary/aromatic N) is 1. The second-order valence-electron chi connectivity index (χ2n) is 5.78. The number of para-hydroxylation sites is 1. The standard InChI is InChI=1S/C20H17BrN2O6/c1-2-27-16-8-13(14(21)9-17(16)28-11-19(24)25)10-22-23-20(26)18-7-12-5-3-4-6-15(12)29-18/h3-10H,2,11H2,1H3,(H,23,26)(H,24,25)/b22-10+. The van der Waals surface area contributed by atoms with Crippen molar-refractivity contribution in [2.24, 2.45) is 5.10 Å². The quantitative estimate of drug-likeness (QED) is 0.390. The minimum absolute atomic E-state index is 0.148. The molecule has 0 spiro atoms. The fourth-order valence-electron chi connectivity index (χ4n) is 2.48. The largest absolute Gasteiger partial charge is 0.490 e. The Hall–Kier alpha value is -3.33. The maximum atomic E-state index is 12.2. The Morgan fingerprint density at radius 1 is 1.21 bits per heavy atom. The Morgan fingerprint density at radius 3 is 2.69 bits per heavy atom. The number of rotatable bonds is 8. The normalized spacial score (nSPS) is 11.0. The van der Waals surface area contributed by atoms with Crippen molar-refractivity contribution in [3.05, 3.63) is 58.3 Å². The first-order valence-electron chi connectivity index (χ1n) is 8.61. The molecule has 0 unspecified atom stereocenters. The van der Waals surface area contributed by atoms with E-state index >= 15 is 0 Å². The summed E-state index contributed by atoms with van der Waals surface area (Å²) < 4.78 is 16.8. The van der Waals surface area contributed by atoms with E-state index in [1.807, 2.05) is 18.2 Å². The number of nitrogens with one attached hydrogen (secondary N) is 1. The summed E-state index contributed by atoms with van der Waals surface area (Å²) in [6.45, 7) is 1.67. The topological polar surface area (TPSA) is 110 Å². The predicted octanol–water partition coefficient (Wildman–Crippen LogP) is 3.82. The van der Waals surface area contributed by atoms with E-state index in [0.717, 1.165) is 5.39 Å². The van der Waals surface area contributed by atoms with Gasteiger partial charge in [-0.15, -0.1) is 0 Å². The molecule has 0 fully saturated rings. The van der Waals surface area contributed by atoms with Gasteiger partial charge in [0, 0.05) is 15.4 Å². The van der Waals surface area contributed by atoms with Gasteiger partial charge in [0.15, 0.2) is 23.9 Å². The van der Waals surface area contributed by atoms with Crippen LogP contribution in [0.5, 0.6) is 11.5 Å². The van der Waals surface area contributed by atoms with Gasteiger partial charge in [0.25, 0.3) is 0 Å². The van der Waals surface area contributed by atoms with Crippen LogP contribution in [0.2, 0.25) is 0 Å². The van der Waals surface area contributed by atoms with Crippen molar-refractivity contribution in [2.45, 2.75) is 6.92 Å². The number of carboxylic acids is 1. The average molecular weight is 461 g/mol. The van der Waals surface area contributed by atoms with Crippen molar-refractivity contribution in [3.8, 4) is 11.5 Å². The smallest absolute Gasteiger partial charge is 0.341 e. The van der Waals surface area contributed by atoms with E-state index in [9.17, 15) is 9.59 Å². The van der Waals surface area contributed by atoms with E-state index in [-0.39, 0.29) is 11.5 Å². The van der Waals surface area contributed by atoms with Gasteiger partial charge in [-0.3, -0.25) is 4.79 Å². The fraction of sp³-hybridized carbons (Fsp3) is 0.150. The third kappa shape index (κ3) is 5.14. The first-order chi connectivity index (χ1) is 14.0. The van der Waals surface area contributed by atoms with Gasteiger partial charge < -0.3 is 19.0 Å². The Balaban J connectivity index is 1.74. The van der Waals surface area contributed by atoms with Crippen LogP contribution in [-0.4, -0.2) is 36.4 Å².